The molecule has 0 radical (unpaired) electrons. The molecule has 1 N–H and O–H groups in total. The summed E-state index contributed by atoms with van der Waals surface area (Å²) in [5.41, 5.74) is -0.199. The third kappa shape index (κ3) is 5.46. The normalized spacial score (nSPS) is 8.38. The van der Waals surface area contributed by atoms with Gasteiger partial charge in [0.1, 0.15) is 24.7 Å². The van der Waals surface area contributed by atoms with Crippen molar-refractivity contribution in [2.75, 3.05) is 13.2 Å². The highest BCUT2D eigenvalue weighted by Gasteiger charge is 2.06. The summed E-state index contributed by atoms with van der Waals surface area (Å²) in [5.74, 6) is 0.520. The van der Waals surface area contributed by atoms with E-state index in [0.29, 0.717) is 0 Å². The molecule has 0 amide bonds. The smallest absolute Gasteiger partial charge is 0.458 e. The predicted molar refractivity (Wildman–Crippen MR) is 39.8 cm³/mol. The maximum absolute atomic E-state index is 10.7. The van der Waals surface area contributed by atoms with E-state index >= 15 is 0 Å². The van der Waals surface area contributed by atoms with Gasteiger partial charge in [0.25, 0.3) is 0 Å². The monoisotopic (exact) mass is 188 g/mol. The van der Waals surface area contributed by atoms with Crippen LogP contribution in [0.5, 0.6) is 0 Å². The molecule has 0 aliphatic rings. The van der Waals surface area contributed by atoms with Gasteiger partial charge in [0.05, 0.1) is 0 Å². The largest absolute Gasteiger partial charge is 0.505 e. The Balaban J connectivity index is 3.60. The molecule has 0 spiro atoms. The number of ether oxygens (including phenoxy) is 2. The lowest BCUT2D eigenvalue weighted by Crippen LogP contribution is -2.13. The molecule has 13 heavy (non-hydrogen) atoms. The average molecular weight is 188 g/mol. The van der Waals surface area contributed by atoms with Gasteiger partial charge < -0.3 is 14.6 Å². The van der Waals surface area contributed by atoms with E-state index in [2.05, 4.69) is 9.47 Å². The summed E-state index contributed by atoms with van der Waals surface area (Å²) in [6, 6.07) is 0. The van der Waals surface area contributed by atoms with Crippen LogP contribution >= 0.6 is 0 Å². The van der Waals surface area contributed by atoms with Gasteiger partial charge in [-0.3, -0.25) is 0 Å². The van der Waals surface area contributed by atoms with Crippen LogP contribution in [0, 0.1) is 0 Å². The highest BCUT2D eigenvalue weighted by Crippen LogP contribution is 1.90. The Hall–Kier alpha value is -1.81. The second-order valence-electron chi connectivity index (χ2n) is 1.98. The van der Waals surface area contributed by atoms with E-state index in [9.17, 15) is 14.4 Å². The van der Waals surface area contributed by atoms with E-state index in [4.69, 9.17) is 5.11 Å². The lowest BCUT2D eigenvalue weighted by Gasteiger charge is -2.01. The molecule has 0 aromatic heterocycles. The Kier molecular flexibility index (Phi) is 4.99. The number of rotatable bonds is 4. The first-order chi connectivity index (χ1) is 6.07. The molecule has 0 fully saturated rings. The predicted octanol–water partition coefficient (Wildman–Crippen LogP) is 0.00210. The molecule has 0 heterocycles. The molecule has 0 aliphatic carbocycles. The SMILES string of the molecule is CC(=C=O)C(=O)OCCOC(=O)O. The van der Waals surface area contributed by atoms with Crippen molar-refractivity contribution >= 4 is 18.1 Å². The van der Waals surface area contributed by atoms with Crippen LogP contribution in [0.1, 0.15) is 6.92 Å². The van der Waals surface area contributed by atoms with Gasteiger partial charge in [-0.15, -0.1) is 0 Å². The van der Waals surface area contributed by atoms with Gasteiger partial charge in [0, 0.05) is 0 Å². The van der Waals surface area contributed by atoms with E-state index in [1.165, 1.54) is 12.9 Å². The quantitative estimate of drug-likeness (QED) is 0.289. The van der Waals surface area contributed by atoms with Gasteiger partial charge in [0.15, 0.2) is 0 Å². The van der Waals surface area contributed by atoms with Crippen LogP contribution in [0.4, 0.5) is 4.79 Å². The molecule has 0 aliphatic heterocycles. The van der Waals surface area contributed by atoms with Crippen molar-refractivity contribution in [3.63, 3.8) is 0 Å². The van der Waals surface area contributed by atoms with E-state index in [1.54, 1.807) is 0 Å². The van der Waals surface area contributed by atoms with Gasteiger partial charge in [0.2, 0.25) is 0 Å². The van der Waals surface area contributed by atoms with Gasteiger partial charge in [-0.25, -0.2) is 14.4 Å². The van der Waals surface area contributed by atoms with Crippen LogP contribution in [0.2, 0.25) is 0 Å². The van der Waals surface area contributed by atoms with E-state index in [1.807, 2.05) is 0 Å². The Labute approximate surface area is 73.7 Å². The van der Waals surface area contributed by atoms with Gasteiger partial charge in [-0.05, 0) is 6.92 Å². The first-order valence-electron chi connectivity index (χ1n) is 3.32. The molecular weight excluding hydrogens is 180 g/mol. The van der Waals surface area contributed by atoms with Gasteiger partial charge >= 0.3 is 12.1 Å². The minimum absolute atomic E-state index is 0.199. The second kappa shape index (κ2) is 5.79. The topological polar surface area (TPSA) is 89.9 Å². The molecule has 0 saturated heterocycles. The molecule has 0 atom stereocenters. The van der Waals surface area contributed by atoms with Crippen LogP contribution in [0.3, 0.4) is 0 Å². The van der Waals surface area contributed by atoms with Crippen molar-refractivity contribution in [3.8, 4) is 0 Å². The highest BCUT2D eigenvalue weighted by molar-refractivity contribution is 5.95. The molecule has 0 bridgehead atoms. The molecule has 6 nitrogen and oxygen atoms in total. The Morgan fingerprint density at radius 1 is 1.31 bits per heavy atom. The third-order valence-electron chi connectivity index (χ3n) is 1.00. The number of hydrogen-bond acceptors (Lipinski definition) is 5. The number of carbonyl (C=O) groups excluding carboxylic acids is 2. The number of carboxylic acid groups (broad SMARTS) is 1. The first kappa shape index (κ1) is 11.2. The fraction of sp³-hybridized carbons (Fsp3) is 0.429. The maximum Gasteiger partial charge on any atom is 0.505 e. The van der Waals surface area contributed by atoms with E-state index in [-0.39, 0.29) is 18.8 Å². The highest BCUT2D eigenvalue weighted by atomic mass is 16.7. The fourth-order valence-corrected chi connectivity index (χ4v) is 0.413. The summed E-state index contributed by atoms with van der Waals surface area (Å²) in [4.78, 5) is 30.4. The van der Waals surface area contributed by atoms with Crippen LogP contribution in [-0.2, 0) is 19.1 Å². The summed E-state index contributed by atoms with van der Waals surface area (Å²) in [6.45, 7) is 0.769. The molecule has 0 unspecified atom stereocenters. The van der Waals surface area contributed by atoms with Crippen molar-refractivity contribution in [1.29, 1.82) is 0 Å². The van der Waals surface area contributed by atoms with Gasteiger partial charge in [-0.1, -0.05) is 0 Å². The van der Waals surface area contributed by atoms with Crippen LogP contribution in [0.15, 0.2) is 5.57 Å². The lowest BCUT2D eigenvalue weighted by molar-refractivity contribution is -0.140. The summed E-state index contributed by atoms with van der Waals surface area (Å²) < 4.78 is 8.46. The summed E-state index contributed by atoms with van der Waals surface area (Å²) in [7, 11) is 0. The molecular formula is C7H8O6. The van der Waals surface area contributed by atoms with E-state index in [0.717, 1.165) is 0 Å². The molecule has 0 saturated carbocycles. The molecule has 0 rings (SSSR count). The first-order valence-corrected chi connectivity index (χ1v) is 3.32. The second-order valence-corrected chi connectivity index (χ2v) is 1.98. The maximum atomic E-state index is 10.7. The summed E-state index contributed by atoms with van der Waals surface area (Å²) in [5, 5.41) is 8.00. The standard InChI is InChI=1S/C7H8O6/c1-5(4-8)6(9)12-2-3-13-7(10)11/h2-3H2,1H3,(H,10,11). The minimum Gasteiger partial charge on any atom is -0.458 e. The van der Waals surface area contributed by atoms with Crippen LogP contribution < -0.4 is 0 Å². The number of hydrogen-bond donors (Lipinski definition) is 1. The fourth-order valence-electron chi connectivity index (χ4n) is 0.413. The number of carbonyl (C=O) groups is 2. The van der Waals surface area contributed by atoms with Crippen molar-refractivity contribution in [2.24, 2.45) is 0 Å². The Morgan fingerprint density at radius 3 is 2.31 bits per heavy atom. The molecule has 72 valence electrons. The lowest BCUT2D eigenvalue weighted by atomic mass is 10.4. The molecule has 0 aromatic rings. The van der Waals surface area contributed by atoms with Crippen molar-refractivity contribution in [2.45, 2.75) is 6.92 Å². The van der Waals surface area contributed by atoms with E-state index < -0.39 is 12.1 Å². The Morgan fingerprint density at radius 2 is 1.85 bits per heavy atom. The van der Waals surface area contributed by atoms with Crippen molar-refractivity contribution in [1.82, 2.24) is 0 Å². The zero-order chi connectivity index (χ0) is 10.3. The van der Waals surface area contributed by atoms with Crippen molar-refractivity contribution in [3.05, 3.63) is 5.57 Å². The molecule has 0 aromatic carbocycles. The van der Waals surface area contributed by atoms with Gasteiger partial charge in [-0.2, -0.15) is 0 Å². The zero-order valence-electron chi connectivity index (χ0n) is 6.90. The van der Waals surface area contributed by atoms with Crippen molar-refractivity contribution < 1.29 is 29.0 Å². The van der Waals surface area contributed by atoms with Crippen LogP contribution in [0.25, 0.3) is 0 Å². The number of esters is 1. The third-order valence-corrected chi connectivity index (χ3v) is 1.00. The average Bonchev–Trinajstić information content (AvgIpc) is 2.10. The zero-order valence-corrected chi connectivity index (χ0v) is 6.90. The Bertz CT molecular complexity index is 250. The summed E-state index contributed by atoms with van der Waals surface area (Å²) in [6.07, 6.45) is -1.45. The van der Waals surface area contributed by atoms with Crippen LogP contribution in [-0.4, -0.2) is 36.4 Å². The summed E-state index contributed by atoms with van der Waals surface area (Å²) >= 11 is 0. The molecule has 6 heteroatoms. The minimum atomic E-state index is -1.45.